The Balaban J connectivity index is 1.15. The highest BCUT2D eigenvalue weighted by Gasteiger charge is 2.33. The van der Waals surface area contributed by atoms with Gasteiger partial charge in [0, 0.05) is 49.7 Å². The van der Waals surface area contributed by atoms with E-state index in [9.17, 15) is 22.8 Å². The first-order valence-electron chi connectivity index (χ1n) is 14.8. The number of nitrogens with one attached hydrogen (secondary N) is 2. The molecule has 1 amide bonds. The second kappa shape index (κ2) is 11.6. The number of ketones is 1. The molecule has 13 nitrogen and oxygen atoms in total. The Morgan fingerprint density at radius 2 is 1.67 bits per heavy atom. The van der Waals surface area contributed by atoms with Crippen LogP contribution in [-0.2, 0) is 15.0 Å². The fraction of sp³-hybridized carbons (Fsp3) is 0.517. The molecule has 228 valence electrons. The molecular formula is C29H36N8O5S. The molecule has 0 radical (unpaired) electrons. The molecule has 0 aromatic carbocycles. The first-order chi connectivity index (χ1) is 20.6. The Morgan fingerprint density at radius 1 is 0.953 bits per heavy atom. The first kappa shape index (κ1) is 29.2. The van der Waals surface area contributed by atoms with E-state index < -0.39 is 16.1 Å². The van der Waals surface area contributed by atoms with Crippen molar-refractivity contribution in [3.63, 3.8) is 0 Å². The summed E-state index contributed by atoms with van der Waals surface area (Å²) in [6.07, 6.45) is 9.55. The minimum Gasteiger partial charge on any atom is -0.368 e. The predicted molar refractivity (Wildman–Crippen MR) is 162 cm³/mol. The van der Waals surface area contributed by atoms with Crippen molar-refractivity contribution in [1.82, 2.24) is 28.5 Å². The summed E-state index contributed by atoms with van der Waals surface area (Å²) in [5.41, 5.74) is 1.82. The molecule has 43 heavy (non-hydrogen) atoms. The molecule has 0 bridgehead atoms. The molecule has 2 N–H and O–H groups in total. The standard InChI is InChI=1S/C29H36N8O5S/c1-18-23-17-31-29(33-26(23)37(21-8-3-4-9-21)28(40)25(18)19(2)38)32-24-11-10-22(16-30-24)35-12-14-36(15-13-35)43(41,42)34-27(39)20-6-5-7-20/h10-11,16-17,20-21H,3-9,12-15H2,1-2H3,(H,34,39)(H,30,31,32,33). The number of hydrogen-bond donors (Lipinski definition) is 2. The van der Waals surface area contributed by atoms with Crippen molar-refractivity contribution in [2.75, 3.05) is 36.4 Å². The molecule has 1 saturated heterocycles. The highest BCUT2D eigenvalue weighted by Crippen LogP contribution is 2.32. The van der Waals surface area contributed by atoms with Gasteiger partial charge >= 0.3 is 10.2 Å². The van der Waals surface area contributed by atoms with Crippen molar-refractivity contribution in [3.05, 3.63) is 46.0 Å². The molecule has 0 unspecified atom stereocenters. The lowest BCUT2D eigenvalue weighted by Gasteiger charge is -2.35. The van der Waals surface area contributed by atoms with Crippen LogP contribution in [0, 0.1) is 12.8 Å². The maximum atomic E-state index is 13.4. The fourth-order valence-electron chi connectivity index (χ4n) is 6.20. The fourth-order valence-corrected chi connectivity index (χ4v) is 7.40. The minimum atomic E-state index is -3.86. The van der Waals surface area contributed by atoms with Gasteiger partial charge < -0.3 is 10.2 Å². The van der Waals surface area contributed by atoms with Gasteiger partial charge in [-0.05, 0) is 57.2 Å². The quantitative estimate of drug-likeness (QED) is 0.364. The third kappa shape index (κ3) is 5.73. The van der Waals surface area contributed by atoms with Gasteiger partial charge in [-0.25, -0.2) is 14.7 Å². The SMILES string of the molecule is CC(=O)c1c(C)c2cnc(Nc3ccc(N4CCN(S(=O)(=O)NC(=O)C5CCC5)CC4)cn3)nc2n(C2CCCC2)c1=O. The molecule has 2 saturated carbocycles. The monoisotopic (exact) mass is 608 g/mol. The van der Waals surface area contributed by atoms with Gasteiger partial charge in [0.2, 0.25) is 11.9 Å². The number of pyridine rings is 2. The zero-order valence-corrected chi connectivity index (χ0v) is 25.2. The lowest BCUT2D eigenvalue weighted by molar-refractivity contribution is -0.125. The van der Waals surface area contributed by atoms with Crippen LogP contribution < -0.4 is 20.5 Å². The first-order valence-corrected chi connectivity index (χ1v) is 16.3. The Labute approximate surface area is 249 Å². The van der Waals surface area contributed by atoms with E-state index in [1.54, 1.807) is 30.0 Å². The molecule has 3 aromatic rings. The van der Waals surface area contributed by atoms with E-state index in [4.69, 9.17) is 4.98 Å². The van der Waals surface area contributed by atoms with Gasteiger partial charge in [0.15, 0.2) is 5.78 Å². The molecule has 3 aliphatic rings. The highest BCUT2D eigenvalue weighted by molar-refractivity contribution is 7.87. The average Bonchev–Trinajstić information content (AvgIpc) is 3.47. The maximum absolute atomic E-state index is 13.4. The van der Waals surface area contributed by atoms with Crippen molar-refractivity contribution in [2.45, 2.75) is 64.8 Å². The number of fused-ring (bicyclic) bond motifs is 1. The lowest BCUT2D eigenvalue weighted by Crippen LogP contribution is -2.54. The number of anilines is 3. The molecular weight excluding hydrogens is 572 g/mol. The third-order valence-electron chi connectivity index (χ3n) is 8.89. The van der Waals surface area contributed by atoms with Crippen LogP contribution in [0.1, 0.15) is 73.8 Å². The summed E-state index contributed by atoms with van der Waals surface area (Å²) in [5.74, 6) is -0.0720. The zero-order chi connectivity index (χ0) is 30.3. The number of amides is 1. The molecule has 1 aliphatic heterocycles. The van der Waals surface area contributed by atoms with E-state index in [2.05, 4.69) is 20.0 Å². The van der Waals surface area contributed by atoms with Crippen molar-refractivity contribution < 1.29 is 18.0 Å². The van der Waals surface area contributed by atoms with Crippen molar-refractivity contribution in [1.29, 1.82) is 0 Å². The van der Waals surface area contributed by atoms with Crippen LogP contribution in [0.3, 0.4) is 0 Å². The van der Waals surface area contributed by atoms with E-state index in [1.165, 1.54) is 11.2 Å². The average molecular weight is 609 g/mol. The summed E-state index contributed by atoms with van der Waals surface area (Å²) in [6, 6.07) is 3.67. The smallest absolute Gasteiger partial charge is 0.303 e. The van der Waals surface area contributed by atoms with E-state index >= 15 is 0 Å². The molecule has 4 heterocycles. The molecule has 6 rings (SSSR count). The van der Waals surface area contributed by atoms with Gasteiger partial charge in [-0.3, -0.25) is 19.0 Å². The van der Waals surface area contributed by atoms with E-state index in [-0.39, 0.29) is 47.9 Å². The number of rotatable bonds is 8. The highest BCUT2D eigenvalue weighted by atomic mass is 32.2. The largest absolute Gasteiger partial charge is 0.368 e. The molecule has 0 spiro atoms. The Hall–Kier alpha value is -3.91. The summed E-state index contributed by atoms with van der Waals surface area (Å²) in [4.78, 5) is 53.7. The lowest BCUT2D eigenvalue weighted by atomic mass is 9.85. The van der Waals surface area contributed by atoms with Gasteiger partial charge in [-0.2, -0.15) is 17.7 Å². The number of aromatic nitrogens is 4. The number of nitrogens with zero attached hydrogens (tertiary/aromatic N) is 6. The van der Waals surface area contributed by atoms with Crippen molar-refractivity contribution in [2.24, 2.45) is 5.92 Å². The van der Waals surface area contributed by atoms with Gasteiger partial charge in [0.25, 0.3) is 5.56 Å². The van der Waals surface area contributed by atoms with Gasteiger partial charge in [0.05, 0.1) is 17.4 Å². The Kier molecular flexibility index (Phi) is 7.90. The maximum Gasteiger partial charge on any atom is 0.303 e. The normalized spacial score (nSPS) is 18.5. The van der Waals surface area contributed by atoms with Crippen molar-refractivity contribution >= 4 is 50.4 Å². The molecule has 2 aliphatic carbocycles. The van der Waals surface area contributed by atoms with Gasteiger partial charge in [0.1, 0.15) is 11.5 Å². The Morgan fingerprint density at radius 3 is 2.28 bits per heavy atom. The summed E-state index contributed by atoms with van der Waals surface area (Å²) in [5, 5.41) is 3.80. The summed E-state index contributed by atoms with van der Waals surface area (Å²) in [6.45, 7) is 4.61. The van der Waals surface area contributed by atoms with Crippen LogP contribution in [0.25, 0.3) is 11.0 Å². The van der Waals surface area contributed by atoms with Crippen LogP contribution in [0.5, 0.6) is 0 Å². The summed E-state index contributed by atoms with van der Waals surface area (Å²) < 4.78 is 30.6. The van der Waals surface area contributed by atoms with Crippen molar-refractivity contribution in [3.8, 4) is 0 Å². The Bertz CT molecular complexity index is 1720. The zero-order valence-electron chi connectivity index (χ0n) is 24.4. The van der Waals surface area contributed by atoms with E-state index in [0.29, 0.717) is 35.5 Å². The topological polar surface area (TPSA) is 159 Å². The summed E-state index contributed by atoms with van der Waals surface area (Å²) >= 11 is 0. The van der Waals surface area contributed by atoms with Crippen LogP contribution in [0.15, 0.2) is 29.3 Å². The number of Topliss-reactive ketones (excluding diaryl/α,β-unsaturated/α-hetero) is 1. The predicted octanol–water partition coefficient (Wildman–Crippen LogP) is 2.84. The minimum absolute atomic E-state index is 0.0108. The van der Waals surface area contributed by atoms with Gasteiger partial charge in [-0.15, -0.1) is 0 Å². The number of piperazine rings is 1. The number of aryl methyl sites for hydroxylation is 1. The molecule has 3 aromatic heterocycles. The number of hydrogen-bond acceptors (Lipinski definition) is 10. The third-order valence-corrected chi connectivity index (χ3v) is 10.4. The number of carbonyl (C=O) groups excluding carboxylic acids is 2. The second-order valence-corrected chi connectivity index (χ2v) is 13.3. The van der Waals surface area contributed by atoms with Crippen LogP contribution in [-0.4, -0.2) is 70.1 Å². The van der Waals surface area contributed by atoms with Crippen LogP contribution in [0.2, 0.25) is 0 Å². The van der Waals surface area contributed by atoms with E-state index in [0.717, 1.165) is 50.6 Å². The van der Waals surface area contributed by atoms with Gasteiger partial charge in [-0.1, -0.05) is 19.3 Å². The molecule has 3 fully saturated rings. The van der Waals surface area contributed by atoms with E-state index in [1.807, 2.05) is 11.0 Å². The summed E-state index contributed by atoms with van der Waals surface area (Å²) in [7, 11) is -3.86. The second-order valence-electron chi connectivity index (χ2n) is 11.6. The molecule has 14 heteroatoms. The van der Waals surface area contributed by atoms with Crippen LogP contribution in [0.4, 0.5) is 17.5 Å². The molecule has 0 atom stereocenters. The number of carbonyl (C=O) groups is 2. The van der Waals surface area contributed by atoms with Crippen LogP contribution >= 0.6 is 0 Å².